The number of fused-ring (bicyclic) bond motifs is 1. The summed E-state index contributed by atoms with van der Waals surface area (Å²) in [5, 5.41) is 2.12. The lowest BCUT2D eigenvalue weighted by Gasteiger charge is -2.39. The lowest BCUT2D eigenvalue weighted by atomic mass is 9.97. The first kappa shape index (κ1) is 16.2. The van der Waals surface area contributed by atoms with Gasteiger partial charge in [-0.2, -0.15) is 0 Å². The summed E-state index contributed by atoms with van der Waals surface area (Å²) in [6.45, 7) is 10.2. The van der Waals surface area contributed by atoms with Crippen LogP contribution in [0.1, 0.15) is 18.7 Å². The number of hydrogen-bond acceptors (Lipinski definition) is 6. The van der Waals surface area contributed by atoms with E-state index in [1.807, 2.05) is 6.92 Å². The van der Waals surface area contributed by atoms with E-state index < -0.39 is 0 Å². The summed E-state index contributed by atoms with van der Waals surface area (Å²) in [7, 11) is 2.26. The summed E-state index contributed by atoms with van der Waals surface area (Å²) in [6, 6.07) is 2.11. The van der Waals surface area contributed by atoms with Gasteiger partial charge in [-0.25, -0.2) is 9.97 Å². The SMILES string of the molecule is Cc1nc(N2CCN(C[C@H]3CCCN(C)C3)CC2)c2sccc2n1. The monoisotopic (exact) mass is 345 g/mol. The summed E-state index contributed by atoms with van der Waals surface area (Å²) >= 11 is 1.76. The number of aromatic nitrogens is 2. The van der Waals surface area contributed by atoms with Crippen LogP contribution in [0.5, 0.6) is 0 Å². The van der Waals surface area contributed by atoms with Gasteiger partial charge in [0.1, 0.15) is 11.6 Å². The second kappa shape index (κ2) is 6.94. The lowest BCUT2D eigenvalue weighted by Crippen LogP contribution is -2.49. The molecule has 0 radical (unpaired) electrons. The van der Waals surface area contributed by atoms with E-state index >= 15 is 0 Å². The molecule has 0 unspecified atom stereocenters. The number of thiophene rings is 1. The third kappa shape index (κ3) is 3.41. The molecule has 6 heteroatoms. The van der Waals surface area contributed by atoms with Crippen molar-refractivity contribution in [1.29, 1.82) is 0 Å². The van der Waals surface area contributed by atoms with Crippen molar-refractivity contribution in [3.8, 4) is 0 Å². The highest BCUT2D eigenvalue weighted by Gasteiger charge is 2.24. The van der Waals surface area contributed by atoms with Gasteiger partial charge in [-0.3, -0.25) is 4.90 Å². The number of hydrogen-bond donors (Lipinski definition) is 0. The van der Waals surface area contributed by atoms with Crippen molar-refractivity contribution >= 4 is 27.4 Å². The van der Waals surface area contributed by atoms with Crippen LogP contribution in [-0.4, -0.2) is 72.6 Å². The fourth-order valence-corrected chi connectivity index (χ4v) is 4.95. The topological polar surface area (TPSA) is 35.5 Å². The zero-order valence-electron chi connectivity index (χ0n) is 14.7. The average molecular weight is 346 g/mol. The molecule has 2 aliphatic rings. The van der Waals surface area contributed by atoms with Crippen molar-refractivity contribution < 1.29 is 0 Å². The minimum atomic E-state index is 0.848. The van der Waals surface area contributed by atoms with Crippen LogP contribution in [-0.2, 0) is 0 Å². The first-order chi connectivity index (χ1) is 11.7. The molecule has 4 rings (SSSR count). The van der Waals surface area contributed by atoms with Crippen molar-refractivity contribution in [3.63, 3.8) is 0 Å². The molecule has 2 aromatic heterocycles. The molecule has 0 spiro atoms. The van der Waals surface area contributed by atoms with Crippen molar-refractivity contribution in [3.05, 3.63) is 17.3 Å². The van der Waals surface area contributed by atoms with Crippen LogP contribution in [0.25, 0.3) is 10.2 Å². The third-order valence-corrected chi connectivity index (χ3v) is 6.21. The van der Waals surface area contributed by atoms with E-state index in [9.17, 15) is 0 Å². The van der Waals surface area contributed by atoms with Gasteiger partial charge in [0.25, 0.3) is 0 Å². The van der Waals surface area contributed by atoms with Crippen LogP contribution in [0.3, 0.4) is 0 Å². The van der Waals surface area contributed by atoms with Crippen molar-refractivity contribution in [2.24, 2.45) is 5.92 Å². The maximum absolute atomic E-state index is 4.75. The number of rotatable bonds is 3. The zero-order valence-corrected chi connectivity index (χ0v) is 15.6. The Morgan fingerprint density at radius 2 is 2.00 bits per heavy atom. The van der Waals surface area contributed by atoms with Gasteiger partial charge in [0.2, 0.25) is 0 Å². The molecular formula is C18H27N5S. The predicted octanol–water partition coefficient (Wildman–Crippen LogP) is 2.46. The molecular weight excluding hydrogens is 318 g/mol. The Morgan fingerprint density at radius 1 is 1.17 bits per heavy atom. The summed E-state index contributed by atoms with van der Waals surface area (Å²) < 4.78 is 1.24. The van der Waals surface area contributed by atoms with Crippen molar-refractivity contribution in [1.82, 2.24) is 19.8 Å². The van der Waals surface area contributed by atoms with E-state index in [1.165, 1.54) is 37.2 Å². The first-order valence-electron chi connectivity index (χ1n) is 9.07. The number of likely N-dealkylation sites (tertiary alicyclic amines) is 1. The number of piperidine rings is 1. The Morgan fingerprint density at radius 3 is 2.79 bits per heavy atom. The van der Waals surface area contributed by atoms with Gasteiger partial charge in [0, 0.05) is 39.3 Å². The summed E-state index contributed by atoms with van der Waals surface area (Å²) in [4.78, 5) is 16.9. The maximum Gasteiger partial charge on any atom is 0.150 e. The minimum absolute atomic E-state index is 0.848. The second-order valence-electron chi connectivity index (χ2n) is 7.29. The fourth-order valence-electron chi connectivity index (χ4n) is 4.11. The van der Waals surface area contributed by atoms with E-state index in [-0.39, 0.29) is 0 Å². The molecule has 0 amide bonds. The molecule has 4 heterocycles. The third-order valence-electron chi connectivity index (χ3n) is 5.31. The van der Waals surface area contributed by atoms with Gasteiger partial charge >= 0.3 is 0 Å². The Kier molecular flexibility index (Phi) is 4.70. The molecule has 2 aliphatic heterocycles. The van der Waals surface area contributed by atoms with Gasteiger partial charge in [-0.15, -0.1) is 11.3 Å². The highest BCUT2D eigenvalue weighted by molar-refractivity contribution is 7.17. The molecule has 2 aromatic rings. The van der Waals surface area contributed by atoms with E-state index in [0.717, 1.165) is 49.3 Å². The maximum atomic E-state index is 4.75. The predicted molar refractivity (Wildman–Crippen MR) is 101 cm³/mol. The van der Waals surface area contributed by atoms with E-state index in [2.05, 4.69) is 38.2 Å². The largest absolute Gasteiger partial charge is 0.353 e. The van der Waals surface area contributed by atoms with Crippen molar-refractivity contribution in [2.75, 3.05) is 57.8 Å². The Hall–Kier alpha value is -1.24. The highest BCUT2D eigenvalue weighted by atomic mass is 32.1. The Bertz CT molecular complexity index is 692. The van der Waals surface area contributed by atoms with Gasteiger partial charge in [0.15, 0.2) is 0 Å². The van der Waals surface area contributed by atoms with Gasteiger partial charge < -0.3 is 9.80 Å². The van der Waals surface area contributed by atoms with Crippen LogP contribution < -0.4 is 4.90 Å². The lowest BCUT2D eigenvalue weighted by molar-refractivity contribution is 0.147. The van der Waals surface area contributed by atoms with Crippen molar-refractivity contribution in [2.45, 2.75) is 19.8 Å². The molecule has 0 bridgehead atoms. The van der Waals surface area contributed by atoms with E-state index in [4.69, 9.17) is 4.98 Å². The second-order valence-corrected chi connectivity index (χ2v) is 8.20. The van der Waals surface area contributed by atoms with Crippen LogP contribution in [0.4, 0.5) is 5.82 Å². The molecule has 0 N–H and O–H groups in total. The quantitative estimate of drug-likeness (QED) is 0.854. The number of aryl methyl sites for hydroxylation is 1. The van der Waals surface area contributed by atoms with Gasteiger partial charge in [-0.1, -0.05) is 0 Å². The average Bonchev–Trinajstić information content (AvgIpc) is 3.03. The molecule has 2 fully saturated rings. The molecule has 130 valence electrons. The number of piperazine rings is 1. The molecule has 0 aliphatic carbocycles. The standard InChI is InChI=1S/C18H27N5S/c1-14-19-16-5-11-24-17(16)18(20-14)23-9-7-22(8-10-23)13-15-4-3-6-21(2)12-15/h5,11,15H,3-4,6-10,12-13H2,1-2H3/t15-/m0/s1. The van der Waals surface area contributed by atoms with Crippen LogP contribution in [0, 0.1) is 12.8 Å². The number of anilines is 1. The molecule has 0 saturated carbocycles. The highest BCUT2D eigenvalue weighted by Crippen LogP contribution is 2.29. The van der Waals surface area contributed by atoms with Gasteiger partial charge in [0.05, 0.1) is 10.2 Å². The molecule has 1 atom stereocenters. The number of nitrogens with zero attached hydrogens (tertiary/aromatic N) is 5. The smallest absolute Gasteiger partial charge is 0.150 e. The first-order valence-corrected chi connectivity index (χ1v) is 9.95. The van der Waals surface area contributed by atoms with E-state index in [1.54, 1.807) is 11.3 Å². The van der Waals surface area contributed by atoms with Crippen LogP contribution in [0.2, 0.25) is 0 Å². The molecule has 5 nitrogen and oxygen atoms in total. The molecule has 2 saturated heterocycles. The summed E-state index contributed by atoms with van der Waals surface area (Å²) in [6.07, 6.45) is 2.75. The van der Waals surface area contributed by atoms with Gasteiger partial charge in [-0.05, 0) is 50.7 Å². The van der Waals surface area contributed by atoms with E-state index in [0.29, 0.717) is 0 Å². The Labute approximate surface area is 148 Å². The van der Waals surface area contributed by atoms with Crippen LogP contribution in [0.15, 0.2) is 11.4 Å². The summed E-state index contributed by atoms with van der Waals surface area (Å²) in [5.41, 5.74) is 1.09. The van der Waals surface area contributed by atoms with Crippen LogP contribution >= 0.6 is 11.3 Å². The molecule has 24 heavy (non-hydrogen) atoms. The normalized spacial score (nSPS) is 23.9. The summed E-state index contributed by atoms with van der Waals surface area (Å²) in [5.74, 6) is 2.87. The zero-order chi connectivity index (χ0) is 16.5. The minimum Gasteiger partial charge on any atom is -0.353 e. The Balaban J connectivity index is 1.39. The fraction of sp³-hybridized carbons (Fsp3) is 0.667. The molecule has 0 aromatic carbocycles.